The van der Waals surface area contributed by atoms with E-state index >= 15 is 0 Å². The van der Waals surface area contributed by atoms with E-state index in [1.54, 1.807) is 24.4 Å². The molecule has 0 amide bonds. The second kappa shape index (κ2) is 6.72. The average Bonchev–Trinajstić information content (AvgIpc) is 2.83. The minimum atomic E-state index is -3.44. The number of benzene rings is 1. The highest BCUT2D eigenvalue weighted by molar-refractivity contribution is 9.10. The monoisotopic (exact) mass is 371 g/mol. The minimum Gasteiger partial charge on any atom is -0.283 e. The molecule has 2 N–H and O–H groups in total. The Morgan fingerprint density at radius 3 is 2.71 bits per heavy atom. The summed E-state index contributed by atoms with van der Waals surface area (Å²) in [6.07, 6.45) is 3.31. The standard InChI is InChI=1S/C14H18BrN3O2S/c1-10-8-13(5-6-14(10)15)21(19,20)17-7-3-4-12-9-16-18-11(12)2/h5-6,8-9,17H,3-4,7H2,1-2H3,(H,16,18). The molecule has 1 aromatic heterocycles. The van der Waals surface area contributed by atoms with Gasteiger partial charge >= 0.3 is 0 Å². The van der Waals surface area contributed by atoms with Crippen molar-refractivity contribution in [2.45, 2.75) is 31.6 Å². The summed E-state index contributed by atoms with van der Waals surface area (Å²) in [5.74, 6) is 0. The number of hydrogen-bond donors (Lipinski definition) is 2. The van der Waals surface area contributed by atoms with E-state index in [0.29, 0.717) is 11.4 Å². The Morgan fingerprint density at radius 2 is 2.10 bits per heavy atom. The highest BCUT2D eigenvalue weighted by atomic mass is 79.9. The van der Waals surface area contributed by atoms with Crippen molar-refractivity contribution < 1.29 is 8.42 Å². The fourth-order valence-electron chi connectivity index (χ4n) is 1.98. The number of aromatic nitrogens is 2. The van der Waals surface area contributed by atoms with E-state index in [4.69, 9.17) is 0 Å². The van der Waals surface area contributed by atoms with Crippen molar-refractivity contribution in [3.8, 4) is 0 Å². The minimum absolute atomic E-state index is 0.294. The average molecular weight is 372 g/mol. The van der Waals surface area contributed by atoms with Gasteiger partial charge in [0.1, 0.15) is 0 Å². The van der Waals surface area contributed by atoms with Crippen LogP contribution < -0.4 is 4.72 Å². The number of aromatic amines is 1. The second-order valence-corrected chi connectivity index (χ2v) is 7.55. The van der Waals surface area contributed by atoms with Gasteiger partial charge in [-0.2, -0.15) is 5.10 Å². The van der Waals surface area contributed by atoms with Crippen LogP contribution in [0.3, 0.4) is 0 Å². The lowest BCUT2D eigenvalue weighted by atomic mass is 10.1. The van der Waals surface area contributed by atoms with Gasteiger partial charge in [0, 0.05) is 16.7 Å². The van der Waals surface area contributed by atoms with E-state index < -0.39 is 10.0 Å². The summed E-state index contributed by atoms with van der Waals surface area (Å²) in [5.41, 5.74) is 3.04. The van der Waals surface area contributed by atoms with Crippen LogP contribution in [-0.4, -0.2) is 25.2 Å². The van der Waals surface area contributed by atoms with Crippen molar-refractivity contribution >= 4 is 26.0 Å². The fourth-order valence-corrected chi connectivity index (χ4v) is 3.39. The van der Waals surface area contributed by atoms with Crippen LogP contribution in [0.4, 0.5) is 0 Å². The lowest BCUT2D eigenvalue weighted by Gasteiger charge is -2.08. The lowest BCUT2D eigenvalue weighted by Crippen LogP contribution is -2.25. The number of aryl methyl sites for hydroxylation is 3. The van der Waals surface area contributed by atoms with E-state index in [1.165, 1.54) is 0 Å². The molecule has 5 nitrogen and oxygen atoms in total. The molecule has 0 radical (unpaired) electrons. The predicted molar refractivity (Wildman–Crippen MR) is 85.7 cm³/mol. The molecule has 0 atom stereocenters. The Kier molecular flexibility index (Phi) is 5.18. The van der Waals surface area contributed by atoms with Crippen molar-refractivity contribution in [1.29, 1.82) is 0 Å². The number of sulfonamides is 1. The second-order valence-electron chi connectivity index (χ2n) is 4.93. The van der Waals surface area contributed by atoms with Crippen LogP contribution in [0.25, 0.3) is 0 Å². The number of nitrogens with zero attached hydrogens (tertiary/aromatic N) is 1. The molecule has 114 valence electrons. The summed E-state index contributed by atoms with van der Waals surface area (Å²) in [4.78, 5) is 0.294. The molecule has 1 aromatic carbocycles. The van der Waals surface area contributed by atoms with Crippen LogP contribution in [-0.2, 0) is 16.4 Å². The Hall–Kier alpha value is -1.18. The zero-order valence-electron chi connectivity index (χ0n) is 12.0. The van der Waals surface area contributed by atoms with Gasteiger partial charge < -0.3 is 0 Å². The summed E-state index contributed by atoms with van der Waals surface area (Å²) < 4.78 is 27.9. The van der Waals surface area contributed by atoms with Crippen molar-refractivity contribution in [3.63, 3.8) is 0 Å². The van der Waals surface area contributed by atoms with Crippen molar-refractivity contribution in [2.75, 3.05) is 6.54 Å². The van der Waals surface area contributed by atoms with Crippen LogP contribution in [0, 0.1) is 13.8 Å². The Bertz CT molecular complexity index is 726. The SMILES string of the molecule is Cc1cc(S(=O)(=O)NCCCc2cn[nH]c2C)ccc1Br. The van der Waals surface area contributed by atoms with Gasteiger partial charge in [-0.3, -0.25) is 5.10 Å². The summed E-state index contributed by atoms with van der Waals surface area (Å²) in [5, 5.41) is 6.82. The molecule has 0 aliphatic carbocycles. The van der Waals surface area contributed by atoms with Crippen LogP contribution in [0.1, 0.15) is 23.2 Å². The molecule has 21 heavy (non-hydrogen) atoms. The van der Waals surface area contributed by atoms with Crippen LogP contribution in [0.2, 0.25) is 0 Å². The van der Waals surface area contributed by atoms with Crippen molar-refractivity contribution in [2.24, 2.45) is 0 Å². The van der Waals surface area contributed by atoms with Crippen LogP contribution in [0.15, 0.2) is 33.8 Å². The first-order valence-electron chi connectivity index (χ1n) is 6.65. The first kappa shape index (κ1) is 16.2. The molecule has 0 saturated carbocycles. The third-order valence-electron chi connectivity index (χ3n) is 3.29. The molecular formula is C14H18BrN3O2S. The van der Waals surface area contributed by atoms with E-state index in [1.807, 2.05) is 13.8 Å². The number of halogens is 1. The van der Waals surface area contributed by atoms with E-state index in [-0.39, 0.29) is 0 Å². The summed E-state index contributed by atoms with van der Waals surface area (Å²) in [7, 11) is -3.44. The number of hydrogen-bond acceptors (Lipinski definition) is 3. The Morgan fingerprint density at radius 1 is 1.33 bits per heavy atom. The van der Waals surface area contributed by atoms with Gasteiger partial charge in [-0.15, -0.1) is 0 Å². The molecule has 0 saturated heterocycles. The van der Waals surface area contributed by atoms with E-state index in [9.17, 15) is 8.42 Å². The maximum atomic E-state index is 12.2. The molecule has 0 bridgehead atoms. The van der Waals surface area contributed by atoms with Gasteiger partial charge in [0.2, 0.25) is 10.0 Å². The zero-order valence-corrected chi connectivity index (χ0v) is 14.4. The smallest absolute Gasteiger partial charge is 0.240 e. The molecule has 2 aromatic rings. The molecule has 1 heterocycles. The number of H-pyrrole nitrogens is 1. The molecule has 0 aliphatic rings. The van der Waals surface area contributed by atoms with Gasteiger partial charge in [-0.1, -0.05) is 15.9 Å². The van der Waals surface area contributed by atoms with Gasteiger partial charge in [0.05, 0.1) is 11.1 Å². The van der Waals surface area contributed by atoms with Crippen LogP contribution in [0.5, 0.6) is 0 Å². The normalized spacial score (nSPS) is 11.8. The summed E-state index contributed by atoms with van der Waals surface area (Å²) >= 11 is 3.36. The molecule has 7 heteroatoms. The highest BCUT2D eigenvalue weighted by Crippen LogP contribution is 2.19. The maximum absolute atomic E-state index is 12.2. The summed E-state index contributed by atoms with van der Waals surface area (Å²) in [6, 6.07) is 5.00. The van der Waals surface area contributed by atoms with Gasteiger partial charge in [-0.05, 0) is 56.0 Å². The van der Waals surface area contributed by atoms with E-state index in [0.717, 1.165) is 34.1 Å². The van der Waals surface area contributed by atoms with Crippen molar-refractivity contribution in [1.82, 2.24) is 14.9 Å². The molecule has 0 aliphatic heterocycles. The Balaban J connectivity index is 1.92. The third kappa shape index (κ3) is 4.15. The first-order valence-corrected chi connectivity index (χ1v) is 8.92. The predicted octanol–water partition coefficient (Wildman–Crippen LogP) is 2.70. The van der Waals surface area contributed by atoms with Crippen LogP contribution >= 0.6 is 15.9 Å². The van der Waals surface area contributed by atoms with Gasteiger partial charge in [0.25, 0.3) is 0 Å². The molecule has 0 unspecified atom stereocenters. The summed E-state index contributed by atoms with van der Waals surface area (Å²) in [6.45, 7) is 4.23. The number of rotatable bonds is 6. The highest BCUT2D eigenvalue weighted by Gasteiger charge is 2.14. The number of nitrogens with one attached hydrogen (secondary N) is 2. The molecular weight excluding hydrogens is 354 g/mol. The van der Waals surface area contributed by atoms with E-state index in [2.05, 4.69) is 30.8 Å². The quantitative estimate of drug-likeness (QED) is 0.766. The Labute approximate surface area is 133 Å². The van der Waals surface area contributed by atoms with Crippen molar-refractivity contribution in [3.05, 3.63) is 45.7 Å². The van der Waals surface area contributed by atoms with Gasteiger partial charge in [-0.25, -0.2) is 13.1 Å². The first-order chi connectivity index (χ1) is 9.90. The molecule has 2 rings (SSSR count). The third-order valence-corrected chi connectivity index (χ3v) is 5.64. The van der Waals surface area contributed by atoms with Gasteiger partial charge in [0.15, 0.2) is 0 Å². The largest absolute Gasteiger partial charge is 0.283 e. The topological polar surface area (TPSA) is 74.8 Å². The lowest BCUT2D eigenvalue weighted by molar-refractivity contribution is 0.579. The molecule has 0 spiro atoms. The molecule has 0 fully saturated rings. The zero-order chi connectivity index (χ0) is 15.5. The fraction of sp³-hybridized carbons (Fsp3) is 0.357. The maximum Gasteiger partial charge on any atom is 0.240 e.